The Morgan fingerprint density at radius 1 is 1.12 bits per heavy atom. The number of benzene rings is 1. The van der Waals surface area contributed by atoms with Crippen molar-refractivity contribution in [2.75, 3.05) is 24.5 Å². The van der Waals surface area contributed by atoms with Gasteiger partial charge in [-0.15, -0.1) is 0 Å². The highest BCUT2D eigenvalue weighted by atomic mass is 16.5. The standard InChI is InChI=1S/C29H38N6O6/c1-9-18-12-10-11-13-19(18)35-21-22(31(8)26(38)34(23(21)36)17-41-24(37)29(5,6)7)30-25(35)32-14-15-33(27(39)40)20(16-32)28(2,3)4/h9-13,20H,1,14-17H2,2-8H3,(H,39,40). The van der Waals surface area contributed by atoms with Gasteiger partial charge in [-0.3, -0.25) is 18.7 Å². The number of fused-ring (bicyclic) bond motifs is 1. The van der Waals surface area contributed by atoms with E-state index in [2.05, 4.69) is 6.58 Å². The first-order valence-electron chi connectivity index (χ1n) is 13.4. The number of para-hydroxylation sites is 1. The second kappa shape index (κ2) is 10.6. The summed E-state index contributed by atoms with van der Waals surface area (Å²) in [5.41, 5.74) is -0.941. The van der Waals surface area contributed by atoms with Crippen LogP contribution in [0.2, 0.25) is 0 Å². The molecule has 1 aliphatic rings. The molecule has 0 spiro atoms. The van der Waals surface area contributed by atoms with E-state index in [0.717, 1.165) is 10.1 Å². The van der Waals surface area contributed by atoms with Crippen LogP contribution in [0, 0.1) is 10.8 Å². The number of carbonyl (C=O) groups excluding carboxylic acids is 1. The molecule has 3 heterocycles. The highest BCUT2D eigenvalue weighted by Gasteiger charge is 2.40. The zero-order valence-corrected chi connectivity index (χ0v) is 24.7. The van der Waals surface area contributed by atoms with Crippen LogP contribution in [0.1, 0.15) is 47.1 Å². The maximum absolute atomic E-state index is 14.0. The molecule has 3 aromatic rings. The first kappa shape index (κ1) is 29.6. The molecule has 1 unspecified atom stereocenters. The van der Waals surface area contributed by atoms with Crippen LogP contribution in [-0.2, 0) is 23.3 Å². The zero-order valence-electron chi connectivity index (χ0n) is 24.7. The second-order valence-corrected chi connectivity index (χ2v) is 12.4. The normalized spacial score (nSPS) is 16.2. The van der Waals surface area contributed by atoms with E-state index in [1.165, 1.54) is 16.5 Å². The monoisotopic (exact) mass is 566 g/mol. The lowest BCUT2D eigenvalue weighted by atomic mass is 9.84. The summed E-state index contributed by atoms with van der Waals surface area (Å²) in [6, 6.07) is 6.98. The predicted octanol–water partition coefficient (Wildman–Crippen LogP) is 3.29. The number of hydrogen-bond donors (Lipinski definition) is 1. The molecule has 220 valence electrons. The number of imidazole rings is 1. The van der Waals surface area contributed by atoms with Gasteiger partial charge in [0.1, 0.15) is 0 Å². The quantitative estimate of drug-likeness (QED) is 0.466. The molecule has 0 bridgehead atoms. The molecule has 1 fully saturated rings. The molecule has 1 amide bonds. The van der Waals surface area contributed by atoms with E-state index in [-0.39, 0.29) is 29.2 Å². The van der Waals surface area contributed by atoms with Crippen LogP contribution < -0.4 is 16.1 Å². The Balaban J connectivity index is 1.98. The molecule has 1 aliphatic heterocycles. The van der Waals surface area contributed by atoms with Gasteiger partial charge in [-0.2, -0.15) is 4.98 Å². The van der Waals surface area contributed by atoms with Gasteiger partial charge in [0.05, 0.1) is 17.1 Å². The molecule has 41 heavy (non-hydrogen) atoms. The molecule has 0 aliphatic carbocycles. The first-order chi connectivity index (χ1) is 19.1. The molecular formula is C29H38N6O6. The largest absolute Gasteiger partial charge is 0.465 e. The molecule has 0 radical (unpaired) electrons. The topological polar surface area (TPSA) is 132 Å². The van der Waals surface area contributed by atoms with Crippen molar-refractivity contribution in [1.82, 2.24) is 23.6 Å². The van der Waals surface area contributed by atoms with Crippen molar-refractivity contribution >= 4 is 35.3 Å². The Bertz CT molecular complexity index is 1630. The summed E-state index contributed by atoms with van der Waals surface area (Å²) in [5, 5.41) is 9.88. The molecule has 1 N–H and O–H groups in total. The molecular weight excluding hydrogens is 528 g/mol. The van der Waals surface area contributed by atoms with E-state index in [1.54, 1.807) is 31.4 Å². The molecule has 12 heteroatoms. The minimum Gasteiger partial charge on any atom is -0.465 e. The van der Waals surface area contributed by atoms with Crippen molar-refractivity contribution in [3.05, 3.63) is 57.2 Å². The maximum Gasteiger partial charge on any atom is 0.407 e. The molecule has 12 nitrogen and oxygen atoms in total. The van der Waals surface area contributed by atoms with Gasteiger partial charge < -0.3 is 19.6 Å². The number of carbonyl (C=O) groups is 2. The third-order valence-corrected chi connectivity index (χ3v) is 7.37. The van der Waals surface area contributed by atoms with Crippen LogP contribution in [0.15, 0.2) is 40.4 Å². The number of aryl methyl sites for hydroxylation is 1. The smallest absolute Gasteiger partial charge is 0.407 e. The Morgan fingerprint density at radius 3 is 2.37 bits per heavy atom. The molecule has 1 saturated heterocycles. The minimum absolute atomic E-state index is 0.121. The molecule has 1 atom stereocenters. The number of piperazine rings is 1. The van der Waals surface area contributed by atoms with Crippen LogP contribution >= 0.6 is 0 Å². The van der Waals surface area contributed by atoms with Gasteiger partial charge in [-0.1, -0.05) is 51.6 Å². The van der Waals surface area contributed by atoms with Crippen molar-refractivity contribution in [2.24, 2.45) is 17.9 Å². The summed E-state index contributed by atoms with van der Waals surface area (Å²) in [6.45, 7) is 15.2. The van der Waals surface area contributed by atoms with E-state index >= 15 is 0 Å². The number of esters is 1. The van der Waals surface area contributed by atoms with E-state index in [4.69, 9.17) is 9.72 Å². The Labute approximate surface area is 238 Å². The fraction of sp³-hybridized carbons (Fsp3) is 0.483. The highest BCUT2D eigenvalue weighted by molar-refractivity contribution is 5.80. The Kier molecular flexibility index (Phi) is 7.63. The Hall–Kier alpha value is -4.35. The van der Waals surface area contributed by atoms with Crippen LogP contribution in [0.25, 0.3) is 22.9 Å². The Morgan fingerprint density at radius 2 is 1.78 bits per heavy atom. The van der Waals surface area contributed by atoms with Crippen LogP contribution in [0.5, 0.6) is 0 Å². The van der Waals surface area contributed by atoms with Gasteiger partial charge in [0.25, 0.3) is 5.56 Å². The van der Waals surface area contributed by atoms with Gasteiger partial charge in [0.15, 0.2) is 17.9 Å². The molecule has 4 rings (SSSR count). The van der Waals surface area contributed by atoms with Gasteiger partial charge in [-0.25, -0.2) is 14.2 Å². The molecule has 1 aromatic carbocycles. The average Bonchev–Trinajstić information content (AvgIpc) is 3.31. The second-order valence-electron chi connectivity index (χ2n) is 12.4. The summed E-state index contributed by atoms with van der Waals surface area (Å²) in [6.07, 6.45) is 0.668. The third-order valence-electron chi connectivity index (χ3n) is 7.37. The SMILES string of the molecule is C=Cc1ccccc1-n1c(N2CCN(C(=O)O)C(C(C)(C)C)C2)nc2c1c(=O)n(COC(=O)C(C)(C)C)c(=O)n2C. The average molecular weight is 567 g/mol. The number of anilines is 1. The van der Waals surface area contributed by atoms with Crippen LogP contribution in [-0.4, -0.2) is 66.4 Å². The van der Waals surface area contributed by atoms with E-state index in [1.807, 2.05) is 49.9 Å². The number of hydrogen-bond acceptors (Lipinski definition) is 7. The summed E-state index contributed by atoms with van der Waals surface area (Å²) in [7, 11) is 1.51. The zero-order chi connectivity index (χ0) is 30.4. The lowest BCUT2D eigenvalue weighted by molar-refractivity contribution is -0.157. The number of nitrogens with zero attached hydrogens (tertiary/aromatic N) is 6. The molecule has 2 aromatic heterocycles. The number of ether oxygens (including phenoxy) is 1. The van der Waals surface area contributed by atoms with Crippen molar-refractivity contribution in [1.29, 1.82) is 0 Å². The molecule has 0 saturated carbocycles. The predicted molar refractivity (Wildman–Crippen MR) is 156 cm³/mol. The summed E-state index contributed by atoms with van der Waals surface area (Å²) >= 11 is 0. The fourth-order valence-corrected chi connectivity index (χ4v) is 5.00. The van der Waals surface area contributed by atoms with E-state index < -0.39 is 35.5 Å². The first-order valence-corrected chi connectivity index (χ1v) is 13.4. The maximum atomic E-state index is 14.0. The number of rotatable bonds is 5. The minimum atomic E-state index is -0.995. The third kappa shape index (κ3) is 5.38. The van der Waals surface area contributed by atoms with Gasteiger partial charge in [0, 0.05) is 26.7 Å². The number of carboxylic acid groups (broad SMARTS) is 1. The number of aromatic nitrogens is 4. The van der Waals surface area contributed by atoms with Crippen LogP contribution in [0.4, 0.5) is 10.7 Å². The van der Waals surface area contributed by atoms with Crippen LogP contribution in [0.3, 0.4) is 0 Å². The summed E-state index contributed by atoms with van der Waals surface area (Å²) < 4.78 is 9.17. The number of amides is 1. The van der Waals surface area contributed by atoms with Crippen molar-refractivity contribution in [3.63, 3.8) is 0 Å². The van der Waals surface area contributed by atoms with Gasteiger partial charge >= 0.3 is 17.8 Å². The van der Waals surface area contributed by atoms with Crippen molar-refractivity contribution < 1.29 is 19.4 Å². The lowest BCUT2D eigenvalue weighted by Crippen LogP contribution is -2.60. The van der Waals surface area contributed by atoms with E-state index in [0.29, 0.717) is 24.7 Å². The fourth-order valence-electron chi connectivity index (χ4n) is 5.00. The summed E-state index contributed by atoms with van der Waals surface area (Å²) in [4.78, 5) is 60.0. The van der Waals surface area contributed by atoms with Crippen molar-refractivity contribution in [2.45, 2.75) is 54.3 Å². The van der Waals surface area contributed by atoms with E-state index in [9.17, 15) is 24.3 Å². The lowest BCUT2D eigenvalue weighted by Gasteiger charge is -2.46. The highest BCUT2D eigenvalue weighted by Crippen LogP contribution is 2.33. The van der Waals surface area contributed by atoms with Crippen molar-refractivity contribution in [3.8, 4) is 5.69 Å². The summed E-state index contributed by atoms with van der Waals surface area (Å²) in [5.74, 6) is -0.160. The van der Waals surface area contributed by atoms with Gasteiger partial charge in [-0.05, 0) is 37.8 Å². The van der Waals surface area contributed by atoms with Gasteiger partial charge in [0.2, 0.25) is 5.95 Å².